The third-order valence-corrected chi connectivity index (χ3v) is 4.75. The summed E-state index contributed by atoms with van der Waals surface area (Å²) < 4.78 is 0. The van der Waals surface area contributed by atoms with E-state index in [0.29, 0.717) is 5.41 Å². The Morgan fingerprint density at radius 3 is 2.43 bits per heavy atom. The van der Waals surface area contributed by atoms with Crippen LogP contribution in [0.1, 0.15) is 59.4 Å². The van der Waals surface area contributed by atoms with Crippen LogP contribution in [0.2, 0.25) is 0 Å². The summed E-state index contributed by atoms with van der Waals surface area (Å²) in [6.07, 6.45) is 9.84. The van der Waals surface area contributed by atoms with Gasteiger partial charge in [0.1, 0.15) is 0 Å². The molecule has 0 N–H and O–H groups in total. The van der Waals surface area contributed by atoms with E-state index in [1.807, 2.05) is 0 Å². The Balaban J connectivity index is 2.15. The maximum absolute atomic E-state index is 2.42. The molecule has 0 atom stereocenters. The predicted octanol–water partition coefficient (Wildman–Crippen LogP) is 6.34. The summed E-state index contributed by atoms with van der Waals surface area (Å²) in [5.41, 5.74) is 5.10. The molecule has 1 aliphatic rings. The molecule has 1 aliphatic carbocycles. The van der Waals surface area contributed by atoms with Crippen molar-refractivity contribution in [1.29, 1.82) is 0 Å². The number of benzene rings is 1. The van der Waals surface area contributed by atoms with E-state index < -0.39 is 0 Å². The lowest BCUT2D eigenvalue weighted by Crippen LogP contribution is -2.20. The van der Waals surface area contributed by atoms with Gasteiger partial charge in [-0.05, 0) is 54.6 Å². The Morgan fingerprint density at radius 1 is 1.14 bits per heavy atom. The number of allylic oxidation sites excluding steroid dienone is 4. The molecule has 0 heteroatoms. The van der Waals surface area contributed by atoms with Gasteiger partial charge in [-0.2, -0.15) is 0 Å². The van der Waals surface area contributed by atoms with Crippen LogP contribution in [-0.4, -0.2) is 0 Å². The van der Waals surface area contributed by atoms with Crippen LogP contribution in [-0.2, 0) is 6.42 Å². The molecule has 0 heterocycles. The van der Waals surface area contributed by atoms with Crippen LogP contribution in [0.4, 0.5) is 0 Å². The smallest absolute Gasteiger partial charge is 0.0104 e. The lowest BCUT2D eigenvalue weighted by atomic mass is 9.72. The van der Waals surface area contributed by atoms with E-state index in [4.69, 9.17) is 0 Å². The summed E-state index contributed by atoms with van der Waals surface area (Å²) in [5, 5.41) is 0. The van der Waals surface area contributed by atoms with E-state index in [1.165, 1.54) is 24.8 Å². The molecule has 2 rings (SSSR count). The van der Waals surface area contributed by atoms with Gasteiger partial charge in [0.05, 0.1) is 0 Å². The second kappa shape index (κ2) is 6.22. The first kappa shape index (κ1) is 16.1. The van der Waals surface area contributed by atoms with Crippen LogP contribution in [0, 0.1) is 10.8 Å². The SMILES string of the molecule is CC1=C(/C=C/C(C)(C)Cc2ccccc2)C(C)(C)CCC1. The molecule has 0 saturated carbocycles. The average Bonchev–Trinajstić information content (AvgIpc) is 2.37. The van der Waals surface area contributed by atoms with Gasteiger partial charge in [0.2, 0.25) is 0 Å². The van der Waals surface area contributed by atoms with Crippen LogP contribution in [0.3, 0.4) is 0 Å². The molecule has 0 aliphatic heterocycles. The molecular formula is C21H30. The first-order valence-corrected chi connectivity index (χ1v) is 8.24. The second-order valence-corrected chi connectivity index (χ2v) is 7.92. The van der Waals surface area contributed by atoms with E-state index in [0.717, 1.165) is 6.42 Å². The molecule has 0 saturated heterocycles. The molecular weight excluding hydrogens is 252 g/mol. The average molecular weight is 282 g/mol. The zero-order valence-electron chi connectivity index (χ0n) is 14.4. The van der Waals surface area contributed by atoms with E-state index in [-0.39, 0.29) is 5.41 Å². The number of hydrogen-bond donors (Lipinski definition) is 0. The highest BCUT2D eigenvalue weighted by Gasteiger charge is 2.27. The highest BCUT2D eigenvalue weighted by molar-refractivity contribution is 5.33. The third kappa shape index (κ3) is 4.33. The lowest BCUT2D eigenvalue weighted by Gasteiger charge is -2.33. The molecule has 0 fully saturated rings. The summed E-state index contributed by atoms with van der Waals surface area (Å²) in [7, 11) is 0. The fourth-order valence-electron chi connectivity index (χ4n) is 3.50. The van der Waals surface area contributed by atoms with Gasteiger partial charge in [-0.15, -0.1) is 0 Å². The van der Waals surface area contributed by atoms with Crippen LogP contribution in [0.5, 0.6) is 0 Å². The van der Waals surface area contributed by atoms with Crippen molar-refractivity contribution >= 4 is 0 Å². The maximum atomic E-state index is 2.42. The summed E-state index contributed by atoms with van der Waals surface area (Å²) in [6.45, 7) is 11.8. The highest BCUT2D eigenvalue weighted by Crippen LogP contribution is 2.41. The zero-order chi connectivity index (χ0) is 15.5. The molecule has 21 heavy (non-hydrogen) atoms. The van der Waals surface area contributed by atoms with Crippen molar-refractivity contribution < 1.29 is 0 Å². The second-order valence-electron chi connectivity index (χ2n) is 7.92. The van der Waals surface area contributed by atoms with Crippen molar-refractivity contribution in [3.8, 4) is 0 Å². The minimum Gasteiger partial charge on any atom is -0.0782 e. The van der Waals surface area contributed by atoms with Crippen molar-refractivity contribution in [3.63, 3.8) is 0 Å². The Kier molecular flexibility index (Phi) is 4.76. The van der Waals surface area contributed by atoms with Gasteiger partial charge in [-0.25, -0.2) is 0 Å². The van der Waals surface area contributed by atoms with Gasteiger partial charge >= 0.3 is 0 Å². The topological polar surface area (TPSA) is 0 Å². The Labute approximate surface area is 131 Å². The van der Waals surface area contributed by atoms with E-state index >= 15 is 0 Å². The summed E-state index contributed by atoms with van der Waals surface area (Å²) >= 11 is 0. The summed E-state index contributed by atoms with van der Waals surface area (Å²) in [6, 6.07) is 10.8. The molecule has 1 aromatic carbocycles. The fourth-order valence-corrected chi connectivity index (χ4v) is 3.50. The molecule has 1 aromatic rings. The van der Waals surface area contributed by atoms with Crippen LogP contribution < -0.4 is 0 Å². The highest BCUT2D eigenvalue weighted by atomic mass is 14.3. The van der Waals surface area contributed by atoms with E-state index in [2.05, 4.69) is 77.1 Å². The Bertz CT molecular complexity index is 526. The van der Waals surface area contributed by atoms with Crippen molar-refractivity contribution in [2.45, 2.75) is 60.3 Å². The summed E-state index contributed by atoms with van der Waals surface area (Å²) in [5.74, 6) is 0. The minimum atomic E-state index is 0.197. The molecule has 0 unspecified atom stereocenters. The molecule has 0 amide bonds. The molecule has 0 radical (unpaired) electrons. The van der Waals surface area contributed by atoms with Gasteiger partial charge in [0, 0.05) is 0 Å². The first-order chi connectivity index (χ1) is 9.80. The van der Waals surface area contributed by atoms with E-state index in [1.54, 1.807) is 11.1 Å². The number of hydrogen-bond acceptors (Lipinski definition) is 0. The quantitative estimate of drug-likeness (QED) is 0.604. The van der Waals surface area contributed by atoms with Crippen molar-refractivity contribution in [1.82, 2.24) is 0 Å². The predicted molar refractivity (Wildman–Crippen MR) is 93.4 cm³/mol. The van der Waals surface area contributed by atoms with Gasteiger partial charge in [-0.1, -0.05) is 75.8 Å². The molecule has 0 aromatic heterocycles. The van der Waals surface area contributed by atoms with Crippen LogP contribution in [0.15, 0.2) is 53.6 Å². The van der Waals surface area contributed by atoms with Crippen molar-refractivity contribution in [2.24, 2.45) is 10.8 Å². The Hall–Kier alpha value is -1.30. The first-order valence-electron chi connectivity index (χ1n) is 8.24. The normalized spacial score (nSPS) is 19.3. The van der Waals surface area contributed by atoms with Crippen molar-refractivity contribution in [3.05, 3.63) is 59.2 Å². The standard InChI is InChI=1S/C21H30/c1-17-10-9-14-21(4,5)19(17)13-15-20(2,3)16-18-11-7-6-8-12-18/h6-8,11-13,15H,9-10,14,16H2,1-5H3/b15-13+. The van der Waals surface area contributed by atoms with Gasteiger partial charge in [-0.3, -0.25) is 0 Å². The molecule has 114 valence electrons. The fraction of sp³-hybridized carbons (Fsp3) is 0.524. The summed E-state index contributed by atoms with van der Waals surface area (Å²) in [4.78, 5) is 0. The van der Waals surface area contributed by atoms with E-state index in [9.17, 15) is 0 Å². The molecule has 0 nitrogen and oxygen atoms in total. The minimum absolute atomic E-state index is 0.197. The lowest BCUT2D eigenvalue weighted by molar-refractivity contribution is 0.375. The van der Waals surface area contributed by atoms with Crippen LogP contribution >= 0.6 is 0 Å². The monoisotopic (exact) mass is 282 g/mol. The largest absolute Gasteiger partial charge is 0.0782 e. The van der Waals surface area contributed by atoms with Crippen LogP contribution in [0.25, 0.3) is 0 Å². The van der Waals surface area contributed by atoms with Gasteiger partial charge < -0.3 is 0 Å². The Morgan fingerprint density at radius 2 is 1.81 bits per heavy atom. The molecule has 0 spiro atoms. The van der Waals surface area contributed by atoms with Gasteiger partial charge in [0.25, 0.3) is 0 Å². The molecule has 0 bridgehead atoms. The van der Waals surface area contributed by atoms with Gasteiger partial charge in [0.15, 0.2) is 0 Å². The number of rotatable bonds is 4. The van der Waals surface area contributed by atoms with Crippen molar-refractivity contribution in [2.75, 3.05) is 0 Å². The third-order valence-electron chi connectivity index (χ3n) is 4.75. The maximum Gasteiger partial charge on any atom is -0.0104 e. The zero-order valence-corrected chi connectivity index (χ0v) is 14.4.